The van der Waals surface area contributed by atoms with Gasteiger partial charge in [-0.15, -0.1) is 5.06 Å². The molecule has 4 rings (SSSR count). The molecule has 176 valence electrons. The van der Waals surface area contributed by atoms with Gasteiger partial charge in [-0.3, -0.25) is 10.2 Å². The molecule has 0 fully saturated rings. The maximum Gasteiger partial charge on any atom is 0.282 e. The van der Waals surface area contributed by atoms with E-state index in [2.05, 4.69) is 24.0 Å². The van der Waals surface area contributed by atoms with Gasteiger partial charge in [0.25, 0.3) is 5.91 Å². The summed E-state index contributed by atoms with van der Waals surface area (Å²) in [6.45, 7) is 4.86. The lowest BCUT2D eigenvalue weighted by molar-refractivity contribution is -0.114. The van der Waals surface area contributed by atoms with Crippen molar-refractivity contribution in [3.8, 4) is 17.2 Å². The third kappa shape index (κ3) is 5.11. The fourth-order valence-electron chi connectivity index (χ4n) is 3.51. The molecule has 0 saturated heterocycles. The van der Waals surface area contributed by atoms with Gasteiger partial charge in [-0.25, -0.2) is 0 Å². The number of ether oxygens (including phenoxy) is 3. The van der Waals surface area contributed by atoms with Crippen LogP contribution >= 0.6 is 0 Å². The Bertz CT molecular complexity index is 1180. The summed E-state index contributed by atoms with van der Waals surface area (Å²) in [5.41, 5.74) is 2.09. The van der Waals surface area contributed by atoms with Crippen molar-refractivity contribution in [3.05, 3.63) is 71.0 Å². The number of hydrogen-bond donors (Lipinski definition) is 1. The molecule has 8 nitrogen and oxygen atoms in total. The molecule has 0 bridgehead atoms. The Morgan fingerprint density at radius 1 is 1.09 bits per heavy atom. The first-order valence-electron chi connectivity index (χ1n) is 11.1. The van der Waals surface area contributed by atoms with Crippen LogP contribution in [-0.2, 0) is 16.1 Å². The fraction of sp³-hybridized carbons (Fsp3) is 0.269. The molecule has 0 aromatic heterocycles. The second kappa shape index (κ2) is 10.2. The molecule has 0 unspecified atom stereocenters. The van der Waals surface area contributed by atoms with Gasteiger partial charge in [-0.05, 0) is 54.8 Å². The first kappa shape index (κ1) is 23.1. The van der Waals surface area contributed by atoms with Crippen LogP contribution in [0.3, 0.4) is 0 Å². The minimum absolute atomic E-state index is 0.0632. The maximum absolute atomic E-state index is 12.4. The summed E-state index contributed by atoms with van der Waals surface area (Å²) >= 11 is 0. The second-order valence-electron chi connectivity index (χ2n) is 7.78. The second-order valence-corrected chi connectivity index (χ2v) is 7.78. The molecular formula is C26H27N3O5. The number of carbonyl (C=O) groups is 1. The van der Waals surface area contributed by atoms with E-state index in [0.29, 0.717) is 48.3 Å². The van der Waals surface area contributed by atoms with E-state index >= 15 is 0 Å². The highest BCUT2D eigenvalue weighted by atomic mass is 16.7. The minimum Gasteiger partial charge on any atom is -0.493 e. The lowest BCUT2D eigenvalue weighted by atomic mass is 10.1. The number of hydrogen-bond acceptors (Lipinski definition) is 6. The number of methoxy groups -OCH3 is 1. The van der Waals surface area contributed by atoms with Crippen molar-refractivity contribution in [1.29, 1.82) is 5.41 Å². The topological polar surface area (TPSA) is 93.4 Å². The van der Waals surface area contributed by atoms with Crippen LogP contribution in [0.2, 0.25) is 0 Å². The molecule has 0 atom stereocenters. The van der Waals surface area contributed by atoms with Crippen LogP contribution in [0.4, 0.5) is 0 Å². The summed E-state index contributed by atoms with van der Waals surface area (Å²) in [7, 11) is 1.55. The van der Waals surface area contributed by atoms with Gasteiger partial charge in [0.2, 0.25) is 0 Å². The Kier molecular flexibility index (Phi) is 6.96. The van der Waals surface area contributed by atoms with Crippen LogP contribution in [0.1, 0.15) is 31.4 Å². The number of nitrogens with one attached hydrogen (secondary N) is 1. The number of fused-ring (bicyclic) bond motifs is 1. The number of amides is 1. The monoisotopic (exact) mass is 461 g/mol. The van der Waals surface area contributed by atoms with Crippen molar-refractivity contribution in [2.45, 2.75) is 26.7 Å². The summed E-state index contributed by atoms with van der Waals surface area (Å²) in [6.07, 6.45) is 4.92. The zero-order valence-electron chi connectivity index (χ0n) is 19.5. The number of nitrogens with zero attached hydrogens (tertiary/aromatic N) is 2. The minimum atomic E-state index is -0.491. The number of hydroxylamine groups is 2. The standard InChI is InChI=1S/C26H27N3O5/c1-4-18-6-9-20(10-7-18)32-12-5-13-33-22-11-8-19(16-23(22)31-3)15-21-25(27)29-24(28-26(21)30)14-17(2)34-29/h6-11,14-16,27H,4-5,12-13H2,1-3H3/b21-15+,27-25?. The average molecular weight is 462 g/mol. The van der Waals surface area contributed by atoms with E-state index in [-0.39, 0.29) is 11.4 Å². The number of benzene rings is 2. The van der Waals surface area contributed by atoms with Crippen molar-refractivity contribution in [2.24, 2.45) is 4.99 Å². The van der Waals surface area contributed by atoms with Gasteiger partial charge < -0.3 is 19.0 Å². The summed E-state index contributed by atoms with van der Waals surface area (Å²) in [5, 5.41) is 9.56. The Balaban J connectivity index is 1.35. The van der Waals surface area contributed by atoms with Gasteiger partial charge in [0, 0.05) is 12.5 Å². The van der Waals surface area contributed by atoms with E-state index in [1.54, 1.807) is 44.4 Å². The Hall–Kier alpha value is -4.07. The first-order chi connectivity index (χ1) is 16.5. The predicted molar refractivity (Wildman–Crippen MR) is 129 cm³/mol. The molecule has 34 heavy (non-hydrogen) atoms. The Labute approximate surface area is 198 Å². The number of carbonyl (C=O) groups excluding carboxylic acids is 1. The molecule has 0 saturated carbocycles. The highest BCUT2D eigenvalue weighted by Gasteiger charge is 2.34. The third-order valence-electron chi connectivity index (χ3n) is 5.33. The highest BCUT2D eigenvalue weighted by molar-refractivity contribution is 6.32. The van der Waals surface area contributed by atoms with E-state index in [0.717, 1.165) is 12.2 Å². The molecule has 1 N–H and O–H groups in total. The van der Waals surface area contributed by atoms with Gasteiger partial charge in [-0.2, -0.15) is 4.99 Å². The van der Waals surface area contributed by atoms with E-state index < -0.39 is 5.91 Å². The molecule has 2 heterocycles. The molecule has 2 aromatic rings. The molecule has 0 aliphatic carbocycles. The van der Waals surface area contributed by atoms with E-state index in [1.165, 1.54) is 10.6 Å². The predicted octanol–water partition coefficient (Wildman–Crippen LogP) is 4.56. The van der Waals surface area contributed by atoms with Crippen molar-refractivity contribution in [3.63, 3.8) is 0 Å². The van der Waals surface area contributed by atoms with Crippen LogP contribution in [0, 0.1) is 5.41 Å². The molecule has 0 radical (unpaired) electrons. The quantitative estimate of drug-likeness (QED) is 0.435. The van der Waals surface area contributed by atoms with Gasteiger partial charge in [0.15, 0.2) is 23.2 Å². The van der Waals surface area contributed by atoms with Gasteiger partial charge in [-0.1, -0.05) is 25.1 Å². The van der Waals surface area contributed by atoms with Crippen molar-refractivity contribution < 1.29 is 23.8 Å². The summed E-state index contributed by atoms with van der Waals surface area (Å²) in [6, 6.07) is 13.4. The highest BCUT2D eigenvalue weighted by Crippen LogP contribution is 2.30. The zero-order valence-corrected chi connectivity index (χ0v) is 19.5. The first-order valence-corrected chi connectivity index (χ1v) is 11.1. The molecule has 2 aromatic carbocycles. The fourth-order valence-corrected chi connectivity index (χ4v) is 3.51. The molecule has 0 spiro atoms. The van der Waals surface area contributed by atoms with Crippen molar-refractivity contribution in [2.75, 3.05) is 20.3 Å². The van der Waals surface area contributed by atoms with Crippen LogP contribution in [0.15, 0.2) is 64.9 Å². The molecule has 8 heteroatoms. The van der Waals surface area contributed by atoms with Crippen molar-refractivity contribution >= 4 is 23.7 Å². The smallest absolute Gasteiger partial charge is 0.282 e. The maximum atomic E-state index is 12.4. The molecule has 2 aliphatic heterocycles. The molecule has 1 amide bonds. The number of amidine groups is 2. The lowest BCUT2D eigenvalue weighted by Crippen LogP contribution is -2.38. The van der Waals surface area contributed by atoms with Crippen molar-refractivity contribution in [1.82, 2.24) is 5.06 Å². The average Bonchev–Trinajstić information content (AvgIpc) is 3.22. The van der Waals surface area contributed by atoms with Crippen LogP contribution in [0.5, 0.6) is 17.2 Å². The summed E-state index contributed by atoms with van der Waals surface area (Å²) in [5.74, 6) is 2.29. The number of aliphatic imine (C=N–C) groups is 1. The van der Waals surface area contributed by atoms with Gasteiger partial charge in [0.05, 0.1) is 25.9 Å². The van der Waals surface area contributed by atoms with Crippen LogP contribution in [-0.4, -0.2) is 43.0 Å². The number of aryl methyl sites for hydroxylation is 1. The normalized spacial score (nSPS) is 16.1. The van der Waals surface area contributed by atoms with Gasteiger partial charge in [0.1, 0.15) is 11.5 Å². The van der Waals surface area contributed by atoms with E-state index in [4.69, 9.17) is 24.5 Å². The largest absolute Gasteiger partial charge is 0.493 e. The lowest BCUT2D eigenvalue weighted by Gasteiger charge is -2.23. The third-order valence-corrected chi connectivity index (χ3v) is 5.33. The number of rotatable bonds is 9. The van der Waals surface area contributed by atoms with Crippen LogP contribution in [0.25, 0.3) is 6.08 Å². The number of allylic oxidation sites excluding steroid dienone is 1. The van der Waals surface area contributed by atoms with E-state index in [9.17, 15) is 4.79 Å². The SMILES string of the molecule is CCc1ccc(OCCCOc2ccc(/C=C3\C(=N)N4OC(C)=CC4=NC3=O)cc2OC)cc1. The van der Waals surface area contributed by atoms with E-state index in [1.807, 2.05) is 12.1 Å². The summed E-state index contributed by atoms with van der Waals surface area (Å²) in [4.78, 5) is 21.9. The Morgan fingerprint density at radius 2 is 1.85 bits per heavy atom. The Morgan fingerprint density at radius 3 is 2.59 bits per heavy atom. The molecular weight excluding hydrogens is 434 g/mol. The zero-order chi connectivity index (χ0) is 24.1. The van der Waals surface area contributed by atoms with Crippen LogP contribution < -0.4 is 14.2 Å². The molecule has 2 aliphatic rings. The summed E-state index contributed by atoms with van der Waals surface area (Å²) < 4.78 is 17.1. The van der Waals surface area contributed by atoms with Gasteiger partial charge >= 0.3 is 0 Å².